The summed E-state index contributed by atoms with van der Waals surface area (Å²) in [6.45, 7) is 0. The summed E-state index contributed by atoms with van der Waals surface area (Å²) in [5.41, 5.74) is 0.714. The van der Waals surface area contributed by atoms with Gasteiger partial charge in [-0.2, -0.15) is 0 Å². The van der Waals surface area contributed by atoms with E-state index in [1.807, 2.05) is 0 Å². The van der Waals surface area contributed by atoms with Gasteiger partial charge in [-0.25, -0.2) is 4.98 Å². The summed E-state index contributed by atoms with van der Waals surface area (Å²) in [5.74, 6) is 0.949. The average Bonchev–Trinajstić information content (AvgIpc) is 2.47. The number of carbonyl (C=O) groups is 1. The molecule has 0 bridgehead atoms. The van der Waals surface area contributed by atoms with Crippen molar-refractivity contribution < 1.29 is 9.53 Å². The van der Waals surface area contributed by atoms with Crippen molar-refractivity contribution in [1.82, 2.24) is 4.98 Å². The lowest BCUT2D eigenvalue weighted by Crippen LogP contribution is -2.04. The van der Waals surface area contributed by atoms with E-state index < -0.39 is 0 Å². The quantitative estimate of drug-likeness (QED) is 0.739. The second-order valence-corrected chi connectivity index (χ2v) is 3.07. The van der Waals surface area contributed by atoms with Crippen molar-refractivity contribution >= 4 is 23.3 Å². The summed E-state index contributed by atoms with van der Waals surface area (Å²) in [6, 6.07) is 0. The summed E-state index contributed by atoms with van der Waals surface area (Å²) in [7, 11) is 1.51. The number of fused-ring (bicyclic) bond motifs is 1. The fraction of sp³-hybridized carbons (Fsp3) is 0.250. The molecule has 1 N–H and O–H groups in total. The first kappa shape index (κ1) is 8.31. The van der Waals surface area contributed by atoms with E-state index in [4.69, 9.17) is 16.3 Å². The van der Waals surface area contributed by atoms with Crippen molar-refractivity contribution in [1.29, 1.82) is 0 Å². The number of halogens is 1. The van der Waals surface area contributed by atoms with Gasteiger partial charge in [-0.05, 0) is 0 Å². The number of amides is 1. The summed E-state index contributed by atoms with van der Waals surface area (Å²) in [4.78, 5) is 15.0. The molecule has 13 heavy (non-hydrogen) atoms. The fourth-order valence-corrected chi connectivity index (χ4v) is 1.54. The molecule has 0 fully saturated rings. The van der Waals surface area contributed by atoms with Crippen molar-refractivity contribution in [3.8, 4) is 5.75 Å². The summed E-state index contributed by atoms with van der Waals surface area (Å²) >= 11 is 5.96. The largest absolute Gasteiger partial charge is 0.494 e. The first-order chi connectivity index (χ1) is 6.22. The molecule has 0 radical (unpaired) electrons. The molecule has 1 aliphatic heterocycles. The molecular formula is C8H7ClN2O2. The van der Waals surface area contributed by atoms with E-state index in [1.54, 1.807) is 0 Å². The van der Waals surface area contributed by atoms with Crippen LogP contribution in [0, 0.1) is 0 Å². The zero-order valence-corrected chi connectivity index (χ0v) is 7.68. The highest BCUT2D eigenvalue weighted by molar-refractivity contribution is 6.33. The minimum absolute atomic E-state index is 0.0855. The van der Waals surface area contributed by atoms with Gasteiger partial charge >= 0.3 is 0 Å². The second kappa shape index (κ2) is 2.88. The van der Waals surface area contributed by atoms with Gasteiger partial charge in [0.1, 0.15) is 5.82 Å². The normalized spacial score (nSPS) is 13.8. The average molecular weight is 199 g/mol. The molecule has 1 aliphatic rings. The van der Waals surface area contributed by atoms with Crippen molar-refractivity contribution in [3.05, 3.63) is 16.8 Å². The number of ether oxygens (including phenoxy) is 1. The van der Waals surface area contributed by atoms with Crippen molar-refractivity contribution in [2.75, 3.05) is 12.4 Å². The number of nitrogens with zero attached hydrogens (tertiary/aromatic N) is 1. The Morgan fingerprint density at radius 2 is 2.46 bits per heavy atom. The van der Waals surface area contributed by atoms with E-state index in [0.717, 1.165) is 0 Å². The van der Waals surface area contributed by atoms with Gasteiger partial charge in [0.05, 0.1) is 24.8 Å². The van der Waals surface area contributed by atoms with Crippen LogP contribution in [0.1, 0.15) is 5.56 Å². The first-order valence-corrected chi connectivity index (χ1v) is 4.11. The van der Waals surface area contributed by atoms with Crippen LogP contribution in [0.4, 0.5) is 5.82 Å². The van der Waals surface area contributed by atoms with Gasteiger partial charge in [0, 0.05) is 5.56 Å². The van der Waals surface area contributed by atoms with Crippen LogP contribution < -0.4 is 10.1 Å². The molecule has 0 aliphatic carbocycles. The zero-order valence-electron chi connectivity index (χ0n) is 6.93. The molecule has 68 valence electrons. The summed E-state index contributed by atoms with van der Waals surface area (Å²) in [6.07, 6.45) is 1.77. The van der Waals surface area contributed by atoms with Gasteiger partial charge in [0.2, 0.25) is 5.91 Å². The van der Waals surface area contributed by atoms with Crippen LogP contribution in [0.15, 0.2) is 6.20 Å². The van der Waals surface area contributed by atoms with Crippen LogP contribution in [-0.4, -0.2) is 18.0 Å². The van der Waals surface area contributed by atoms with E-state index in [1.165, 1.54) is 13.3 Å². The Bertz CT molecular complexity index is 379. The molecule has 1 aromatic heterocycles. The summed E-state index contributed by atoms with van der Waals surface area (Å²) in [5, 5.41) is 3.06. The van der Waals surface area contributed by atoms with Crippen LogP contribution in [0.25, 0.3) is 0 Å². The Balaban J connectivity index is 2.54. The Morgan fingerprint density at radius 3 is 3.15 bits per heavy atom. The minimum atomic E-state index is -0.0855. The molecule has 0 spiro atoms. The number of rotatable bonds is 1. The lowest BCUT2D eigenvalue weighted by atomic mass is 10.2. The van der Waals surface area contributed by atoms with E-state index >= 15 is 0 Å². The molecule has 5 heteroatoms. The molecule has 4 nitrogen and oxygen atoms in total. The van der Waals surface area contributed by atoms with E-state index in [0.29, 0.717) is 22.2 Å². The lowest BCUT2D eigenvalue weighted by Gasteiger charge is -2.04. The van der Waals surface area contributed by atoms with Crippen LogP contribution in [0.2, 0.25) is 5.02 Å². The third-order valence-electron chi connectivity index (χ3n) is 1.89. The smallest absolute Gasteiger partial charge is 0.230 e. The van der Waals surface area contributed by atoms with Crippen LogP contribution in [-0.2, 0) is 11.2 Å². The predicted octanol–water partition coefficient (Wildman–Crippen LogP) is 1.24. The van der Waals surface area contributed by atoms with E-state index in [2.05, 4.69) is 10.3 Å². The Hall–Kier alpha value is -1.29. The van der Waals surface area contributed by atoms with Crippen molar-refractivity contribution in [2.24, 2.45) is 0 Å². The van der Waals surface area contributed by atoms with Crippen LogP contribution in [0.3, 0.4) is 0 Å². The van der Waals surface area contributed by atoms with Gasteiger partial charge in [0.25, 0.3) is 0 Å². The molecule has 2 heterocycles. The third kappa shape index (κ3) is 1.23. The number of pyridine rings is 1. The topological polar surface area (TPSA) is 51.2 Å². The highest BCUT2D eigenvalue weighted by atomic mass is 35.5. The maximum absolute atomic E-state index is 11.0. The van der Waals surface area contributed by atoms with Gasteiger partial charge in [0.15, 0.2) is 5.75 Å². The number of hydrogen-bond acceptors (Lipinski definition) is 3. The SMILES string of the molecule is COc1cnc2c(c1Cl)CC(=O)N2. The van der Waals surface area contributed by atoms with E-state index in [9.17, 15) is 4.79 Å². The first-order valence-electron chi connectivity index (χ1n) is 3.73. The van der Waals surface area contributed by atoms with Crippen LogP contribution in [0.5, 0.6) is 5.75 Å². The second-order valence-electron chi connectivity index (χ2n) is 2.69. The van der Waals surface area contributed by atoms with Gasteiger partial charge in [-0.1, -0.05) is 11.6 Å². The Kier molecular flexibility index (Phi) is 1.84. The maximum Gasteiger partial charge on any atom is 0.230 e. The molecule has 1 aromatic rings. The number of carbonyl (C=O) groups excluding carboxylic acids is 1. The number of anilines is 1. The minimum Gasteiger partial charge on any atom is -0.494 e. The fourth-order valence-electron chi connectivity index (χ4n) is 1.26. The molecular weight excluding hydrogens is 192 g/mol. The Morgan fingerprint density at radius 1 is 1.69 bits per heavy atom. The van der Waals surface area contributed by atoms with Crippen molar-refractivity contribution in [2.45, 2.75) is 6.42 Å². The van der Waals surface area contributed by atoms with Crippen molar-refractivity contribution in [3.63, 3.8) is 0 Å². The standard InChI is InChI=1S/C8H7ClN2O2/c1-13-5-3-10-8-4(7(5)9)2-6(12)11-8/h3H,2H2,1H3,(H,10,11,12). The molecule has 0 unspecified atom stereocenters. The third-order valence-corrected chi connectivity index (χ3v) is 2.31. The molecule has 1 amide bonds. The highest BCUT2D eigenvalue weighted by Gasteiger charge is 2.23. The lowest BCUT2D eigenvalue weighted by molar-refractivity contribution is -0.115. The molecule has 0 aromatic carbocycles. The zero-order chi connectivity index (χ0) is 9.42. The molecule has 0 atom stereocenters. The number of hydrogen-bond donors (Lipinski definition) is 1. The number of nitrogens with one attached hydrogen (secondary N) is 1. The predicted molar refractivity (Wildman–Crippen MR) is 48.1 cm³/mol. The summed E-state index contributed by atoms with van der Waals surface area (Å²) < 4.78 is 4.97. The van der Waals surface area contributed by atoms with Gasteiger partial charge in [-0.15, -0.1) is 0 Å². The number of aromatic nitrogens is 1. The molecule has 0 saturated carbocycles. The maximum atomic E-state index is 11.0. The monoisotopic (exact) mass is 198 g/mol. The van der Waals surface area contributed by atoms with E-state index in [-0.39, 0.29) is 12.3 Å². The molecule has 0 saturated heterocycles. The van der Waals surface area contributed by atoms with Crippen LogP contribution >= 0.6 is 11.6 Å². The van der Waals surface area contributed by atoms with Gasteiger partial charge < -0.3 is 10.1 Å². The highest BCUT2D eigenvalue weighted by Crippen LogP contribution is 2.34. The van der Waals surface area contributed by atoms with Gasteiger partial charge in [-0.3, -0.25) is 4.79 Å². The Labute approximate surface area is 79.9 Å². The number of methoxy groups -OCH3 is 1. The molecule has 2 rings (SSSR count).